The van der Waals surface area contributed by atoms with Gasteiger partial charge in [0, 0.05) is 58.7 Å². The summed E-state index contributed by atoms with van der Waals surface area (Å²) in [6.07, 6.45) is 4.33. The maximum atomic E-state index is 12.9. The zero-order chi connectivity index (χ0) is 21.2. The largest absolute Gasteiger partial charge is 0.487 e. The minimum Gasteiger partial charge on any atom is -0.487 e. The molecule has 2 aromatic heterocycles. The summed E-state index contributed by atoms with van der Waals surface area (Å²) >= 11 is 1.61. The number of hydrogen-bond acceptors (Lipinski definition) is 4. The minimum absolute atomic E-state index is 0.0147. The Bertz CT molecular complexity index is 1270. The first-order valence-electron chi connectivity index (χ1n) is 10.4. The molecule has 0 unspecified atom stereocenters. The predicted molar refractivity (Wildman–Crippen MR) is 124 cm³/mol. The van der Waals surface area contributed by atoms with Gasteiger partial charge in [-0.15, -0.1) is 11.3 Å². The number of carbonyl (C=O) groups is 1. The SMILES string of the molecule is Cc1nc(COc2ccccc2/C=C/C(=O)N2CCc3[nH]c4ccccc4c3C2)cs1. The van der Waals surface area contributed by atoms with E-state index in [0.717, 1.165) is 34.0 Å². The first kappa shape index (κ1) is 19.6. The lowest BCUT2D eigenvalue weighted by Gasteiger charge is -2.26. The van der Waals surface area contributed by atoms with Gasteiger partial charge in [-0.2, -0.15) is 0 Å². The van der Waals surface area contributed by atoms with Crippen molar-refractivity contribution in [1.82, 2.24) is 14.9 Å². The highest BCUT2D eigenvalue weighted by molar-refractivity contribution is 7.09. The van der Waals surface area contributed by atoms with Gasteiger partial charge in [-0.3, -0.25) is 4.79 Å². The van der Waals surface area contributed by atoms with Crippen LogP contribution in [0.2, 0.25) is 0 Å². The minimum atomic E-state index is 0.0147. The molecule has 5 nitrogen and oxygen atoms in total. The van der Waals surface area contributed by atoms with Crippen molar-refractivity contribution in [2.45, 2.75) is 26.5 Å². The van der Waals surface area contributed by atoms with Crippen LogP contribution in [0, 0.1) is 6.92 Å². The number of ether oxygens (including phenoxy) is 1. The summed E-state index contributed by atoms with van der Waals surface area (Å²) < 4.78 is 5.96. The number of amides is 1. The summed E-state index contributed by atoms with van der Waals surface area (Å²) in [5, 5.41) is 4.24. The number of thiazole rings is 1. The molecule has 1 aliphatic heterocycles. The molecule has 0 saturated heterocycles. The number of hydrogen-bond donors (Lipinski definition) is 1. The number of nitrogens with zero attached hydrogens (tertiary/aromatic N) is 2. The number of aromatic nitrogens is 2. The maximum Gasteiger partial charge on any atom is 0.246 e. The second-order valence-electron chi connectivity index (χ2n) is 7.66. The van der Waals surface area contributed by atoms with Gasteiger partial charge in [0.2, 0.25) is 5.91 Å². The number of aryl methyl sites for hydroxylation is 1. The van der Waals surface area contributed by atoms with E-state index in [4.69, 9.17) is 4.74 Å². The zero-order valence-corrected chi connectivity index (χ0v) is 18.1. The summed E-state index contributed by atoms with van der Waals surface area (Å²) in [7, 11) is 0. The van der Waals surface area contributed by atoms with Crippen LogP contribution in [0.5, 0.6) is 5.75 Å². The molecular formula is C25H23N3O2S. The highest BCUT2D eigenvalue weighted by Gasteiger charge is 2.22. The molecule has 0 spiro atoms. The van der Waals surface area contributed by atoms with E-state index in [1.165, 1.54) is 16.6 Å². The van der Waals surface area contributed by atoms with Crippen molar-refractivity contribution in [3.05, 3.63) is 87.5 Å². The molecule has 0 atom stereocenters. The van der Waals surface area contributed by atoms with E-state index in [9.17, 15) is 4.79 Å². The van der Waals surface area contributed by atoms with Crippen LogP contribution in [0.3, 0.4) is 0 Å². The number of nitrogens with one attached hydrogen (secondary N) is 1. The van der Waals surface area contributed by atoms with Crippen molar-refractivity contribution >= 4 is 34.2 Å². The highest BCUT2D eigenvalue weighted by atomic mass is 32.1. The number of benzene rings is 2. The molecular weight excluding hydrogens is 406 g/mol. The van der Waals surface area contributed by atoms with E-state index in [2.05, 4.69) is 22.1 Å². The lowest BCUT2D eigenvalue weighted by molar-refractivity contribution is -0.126. The Balaban J connectivity index is 1.29. The van der Waals surface area contributed by atoms with E-state index >= 15 is 0 Å². The standard InChI is InChI=1S/C25H23N3O2S/c1-17-26-19(16-31-17)15-30-24-9-5-2-6-18(24)10-11-25(29)28-13-12-23-21(14-28)20-7-3-4-8-22(20)27-23/h2-11,16,27H,12-15H2,1H3/b11-10+. The average molecular weight is 430 g/mol. The third-order valence-corrected chi connectivity index (χ3v) is 6.38. The van der Waals surface area contributed by atoms with Gasteiger partial charge < -0.3 is 14.6 Å². The molecule has 0 saturated carbocycles. The average Bonchev–Trinajstić information content (AvgIpc) is 3.39. The number of para-hydroxylation sites is 2. The van der Waals surface area contributed by atoms with E-state index < -0.39 is 0 Å². The van der Waals surface area contributed by atoms with Crippen LogP contribution < -0.4 is 4.74 Å². The van der Waals surface area contributed by atoms with Gasteiger partial charge in [-0.25, -0.2) is 4.98 Å². The lowest BCUT2D eigenvalue weighted by Crippen LogP contribution is -2.34. The Hall–Kier alpha value is -3.38. The van der Waals surface area contributed by atoms with E-state index in [0.29, 0.717) is 19.7 Å². The molecule has 4 aromatic rings. The molecule has 1 amide bonds. The molecule has 0 fully saturated rings. The number of rotatable bonds is 5. The fourth-order valence-corrected chi connectivity index (χ4v) is 4.59. The molecule has 156 valence electrons. The van der Waals surface area contributed by atoms with E-state index in [1.54, 1.807) is 17.4 Å². The highest BCUT2D eigenvalue weighted by Crippen LogP contribution is 2.28. The topological polar surface area (TPSA) is 58.2 Å². The Morgan fingerprint density at radius 3 is 2.94 bits per heavy atom. The number of aromatic amines is 1. The van der Waals surface area contributed by atoms with Crippen LogP contribution in [0.15, 0.2) is 60.0 Å². The summed E-state index contributed by atoms with van der Waals surface area (Å²) in [4.78, 5) is 22.7. The molecule has 2 aromatic carbocycles. The van der Waals surface area contributed by atoms with Crippen molar-refractivity contribution in [2.24, 2.45) is 0 Å². The second kappa shape index (κ2) is 8.40. The Labute approximate surface area is 185 Å². The number of fused-ring (bicyclic) bond motifs is 3. The molecule has 1 N–H and O–H groups in total. The summed E-state index contributed by atoms with van der Waals surface area (Å²) in [6, 6.07) is 16.0. The quantitative estimate of drug-likeness (QED) is 0.449. The Morgan fingerprint density at radius 1 is 1.23 bits per heavy atom. The van der Waals surface area contributed by atoms with Gasteiger partial charge in [0.1, 0.15) is 12.4 Å². The van der Waals surface area contributed by atoms with Gasteiger partial charge >= 0.3 is 0 Å². The van der Waals surface area contributed by atoms with Gasteiger partial charge in [0.05, 0.1) is 10.7 Å². The predicted octanol–water partition coefficient (Wildman–Crippen LogP) is 5.11. The molecule has 5 rings (SSSR count). The fraction of sp³-hybridized carbons (Fsp3) is 0.200. The van der Waals surface area contributed by atoms with Crippen LogP contribution in [0.1, 0.15) is 27.5 Å². The fourth-order valence-electron chi connectivity index (χ4n) is 4.00. The number of H-pyrrole nitrogens is 1. The molecule has 3 heterocycles. The molecule has 0 aliphatic carbocycles. The zero-order valence-electron chi connectivity index (χ0n) is 17.3. The lowest BCUT2D eigenvalue weighted by atomic mass is 10.0. The maximum absolute atomic E-state index is 12.9. The van der Waals surface area contributed by atoms with E-state index in [1.807, 2.05) is 59.7 Å². The third-order valence-electron chi connectivity index (χ3n) is 5.56. The molecule has 1 aliphatic rings. The Morgan fingerprint density at radius 2 is 2.06 bits per heavy atom. The second-order valence-corrected chi connectivity index (χ2v) is 8.72. The van der Waals surface area contributed by atoms with Gasteiger partial charge in [0.25, 0.3) is 0 Å². The van der Waals surface area contributed by atoms with Crippen LogP contribution in [0.4, 0.5) is 0 Å². The summed E-state index contributed by atoms with van der Waals surface area (Å²) in [6.45, 7) is 3.74. The van der Waals surface area contributed by atoms with Crippen molar-refractivity contribution in [2.75, 3.05) is 6.54 Å². The van der Waals surface area contributed by atoms with Gasteiger partial charge in [-0.1, -0.05) is 36.4 Å². The van der Waals surface area contributed by atoms with E-state index in [-0.39, 0.29) is 5.91 Å². The molecule has 6 heteroatoms. The Kier molecular flexibility index (Phi) is 5.30. The van der Waals surface area contributed by atoms with Gasteiger partial charge in [-0.05, 0) is 25.1 Å². The summed E-state index contributed by atoms with van der Waals surface area (Å²) in [5.41, 5.74) is 5.41. The smallest absolute Gasteiger partial charge is 0.246 e. The monoisotopic (exact) mass is 429 g/mol. The van der Waals surface area contributed by atoms with Crippen LogP contribution in [-0.2, 0) is 24.4 Å². The van der Waals surface area contributed by atoms with Crippen LogP contribution in [0.25, 0.3) is 17.0 Å². The van der Waals surface area contributed by atoms with Crippen molar-refractivity contribution in [3.63, 3.8) is 0 Å². The molecule has 0 bridgehead atoms. The van der Waals surface area contributed by atoms with Crippen LogP contribution >= 0.6 is 11.3 Å². The van der Waals surface area contributed by atoms with Crippen molar-refractivity contribution < 1.29 is 9.53 Å². The molecule has 31 heavy (non-hydrogen) atoms. The first-order valence-corrected chi connectivity index (χ1v) is 11.2. The van der Waals surface area contributed by atoms with Crippen molar-refractivity contribution in [1.29, 1.82) is 0 Å². The third kappa shape index (κ3) is 4.11. The summed E-state index contributed by atoms with van der Waals surface area (Å²) in [5.74, 6) is 0.760. The van der Waals surface area contributed by atoms with Crippen LogP contribution in [-0.4, -0.2) is 27.3 Å². The first-order chi connectivity index (χ1) is 15.2. The molecule has 0 radical (unpaired) electrons. The number of carbonyl (C=O) groups excluding carboxylic acids is 1. The normalized spacial score (nSPS) is 13.6. The van der Waals surface area contributed by atoms with Crippen molar-refractivity contribution in [3.8, 4) is 5.75 Å². The van der Waals surface area contributed by atoms with Gasteiger partial charge in [0.15, 0.2) is 0 Å².